The van der Waals surface area contributed by atoms with Crippen LogP contribution in [-0.2, 0) is 6.54 Å². The molecule has 22 heavy (non-hydrogen) atoms. The lowest BCUT2D eigenvalue weighted by Crippen LogP contribution is -2.23. The molecule has 0 fully saturated rings. The summed E-state index contributed by atoms with van der Waals surface area (Å²) in [5.74, 6) is 0.949. The summed E-state index contributed by atoms with van der Waals surface area (Å²) < 4.78 is 10.4. The van der Waals surface area contributed by atoms with Gasteiger partial charge in [0.1, 0.15) is 17.2 Å². The number of ether oxygens (including phenoxy) is 2. The van der Waals surface area contributed by atoms with Crippen LogP contribution in [0.3, 0.4) is 0 Å². The van der Waals surface area contributed by atoms with E-state index in [2.05, 4.69) is 5.32 Å². The molecule has 2 rings (SSSR count). The molecule has 0 aliphatic carbocycles. The van der Waals surface area contributed by atoms with Gasteiger partial charge in [0.05, 0.1) is 19.8 Å². The SMILES string of the molecule is COc1ccc(CNC(=O)c2ccc(C)cc2O)c(OC)c1. The van der Waals surface area contributed by atoms with Crippen molar-refractivity contribution in [3.05, 3.63) is 53.1 Å². The first-order valence-corrected chi connectivity index (χ1v) is 6.84. The Morgan fingerprint density at radius 1 is 1.14 bits per heavy atom. The van der Waals surface area contributed by atoms with Gasteiger partial charge in [-0.15, -0.1) is 0 Å². The summed E-state index contributed by atoms with van der Waals surface area (Å²) in [5.41, 5.74) is 1.97. The molecule has 2 N–H and O–H groups in total. The molecule has 5 nitrogen and oxygen atoms in total. The largest absolute Gasteiger partial charge is 0.507 e. The van der Waals surface area contributed by atoms with Crippen LogP contribution >= 0.6 is 0 Å². The number of hydrogen-bond donors (Lipinski definition) is 2. The third-order valence-electron chi connectivity index (χ3n) is 3.33. The maximum atomic E-state index is 12.1. The second kappa shape index (κ2) is 6.85. The van der Waals surface area contributed by atoms with E-state index in [1.54, 1.807) is 44.6 Å². The number of phenolic OH excluding ortho intramolecular Hbond substituents is 1. The third kappa shape index (κ3) is 3.49. The zero-order valence-electron chi connectivity index (χ0n) is 12.8. The monoisotopic (exact) mass is 301 g/mol. The Labute approximate surface area is 129 Å². The normalized spacial score (nSPS) is 10.1. The molecule has 0 saturated carbocycles. The minimum absolute atomic E-state index is 0.0285. The van der Waals surface area contributed by atoms with Gasteiger partial charge in [0.15, 0.2) is 0 Å². The third-order valence-corrected chi connectivity index (χ3v) is 3.33. The van der Waals surface area contributed by atoms with Gasteiger partial charge >= 0.3 is 0 Å². The van der Waals surface area contributed by atoms with Crippen molar-refractivity contribution in [1.29, 1.82) is 0 Å². The maximum Gasteiger partial charge on any atom is 0.255 e. The molecule has 0 bridgehead atoms. The number of aryl methyl sites for hydroxylation is 1. The van der Waals surface area contributed by atoms with Gasteiger partial charge in [0.2, 0.25) is 0 Å². The van der Waals surface area contributed by atoms with Crippen LogP contribution in [0.5, 0.6) is 17.2 Å². The first kappa shape index (κ1) is 15.7. The molecule has 5 heteroatoms. The fourth-order valence-electron chi connectivity index (χ4n) is 2.10. The molecule has 0 saturated heterocycles. The fraction of sp³-hybridized carbons (Fsp3) is 0.235. The average molecular weight is 301 g/mol. The standard InChI is InChI=1S/C17H19NO4/c1-11-4-7-14(15(19)8-11)17(20)18-10-12-5-6-13(21-2)9-16(12)22-3/h4-9,19H,10H2,1-3H3,(H,18,20). The van der Waals surface area contributed by atoms with Gasteiger partial charge in [-0.3, -0.25) is 4.79 Å². The Morgan fingerprint density at radius 2 is 1.91 bits per heavy atom. The summed E-state index contributed by atoms with van der Waals surface area (Å²) >= 11 is 0. The van der Waals surface area contributed by atoms with E-state index in [1.165, 1.54) is 0 Å². The lowest BCUT2D eigenvalue weighted by atomic mass is 10.1. The average Bonchev–Trinajstić information content (AvgIpc) is 2.52. The molecule has 0 unspecified atom stereocenters. The van der Waals surface area contributed by atoms with Crippen LogP contribution in [0.15, 0.2) is 36.4 Å². The number of hydrogen-bond acceptors (Lipinski definition) is 4. The predicted molar refractivity (Wildman–Crippen MR) is 83.6 cm³/mol. The van der Waals surface area contributed by atoms with Gasteiger partial charge in [-0.25, -0.2) is 0 Å². The van der Waals surface area contributed by atoms with E-state index < -0.39 is 0 Å². The Kier molecular flexibility index (Phi) is 4.88. The fourth-order valence-corrected chi connectivity index (χ4v) is 2.10. The van der Waals surface area contributed by atoms with Crippen molar-refractivity contribution in [1.82, 2.24) is 5.32 Å². The number of carbonyl (C=O) groups is 1. The van der Waals surface area contributed by atoms with E-state index in [0.717, 1.165) is 11.1 Å². The Morgan fingerprint density at radius 3 is 2.55 bits per heavy atom. The van der Waals surface area contributed by atoms with Crippen molar-refractivity contribution in [2.75, 3.05) is 14.2 Å². The van der Waals surface area contributed by atoms with Crippen molar-refractivity contribution in [2.24, 2.45) is 0 Å². The first-order valence-electron chi connectivity index (χ1n) is 6.84. The smallest absolute Gasteiger partial charge is 0.255 e. The molecule has 0 atom stereocenters. The first-order chi connectivity index (χ1) is 10.5. The van der Waals surface area contributed by atoms with E-state index in [-0.39, 0.29) is 17.2 Å². The van der Waals surface area contributed by atoms with E-state index >= 15 is 0 Å². The predicted octanol–water partition coefficient (Wildman–Crippen LogP) is 2.65. The van der Waals surface area contributed by atoms with Crippen LogP contribution in [-0.4, -0.2) is 25.2 Å². The number of nitrogens with one attached hydrogen (secondary N) is 1. The molecule has 0 spiro atoms. The van der Waals surface area contributed by atoms with Crippen molar-refractivity contribution < 1.29 is 19.4 Å². The van der Waals surface area contributed by atoms with Gasteiger partial charge in [0.25, 0.3) is 5.91 Å². The van der Waals surface area contributed by atoms with Gasteiger partial charge in [-0.1, -0.05) is 6.07 Å². The summed E-state index contributed by atoms with van der Waals surface area (Å²) in [7, 11) is 3.14. The van der Waals surface area contributed by atoms with Crippen molar-refractivity contribution in [3.8, 4) is 17.2 Å². The highest BCUT2D eigenvalue weighted by Gasteiger charge is 2.12. The number of methoxy groups -OCH3 is 2. The van der Waals surface area contributed by atoms with Crippen LogP contribution in [0.2, 0.25) is 0 Å². The van der Waals surface area contributed by atoms with E-state index in [9.17, 15) is 9.90 Å². The second-order valence-electron chi connectivity index (χ2n) is 4.88. The number of benzene rings is 2. The highest BCUT2D eigenvalue weighted by molar-refractivity contribution is 5.96. The van der Waals surface area contributed by atoms with Crippen molar-refractivity contribution in [3.63, 3.8) is 0 Å². The molecule has 0 heterocycles. The summed E-state index contributed by atoms with van der Waals surface area (Å²) in [5, 5.41) is 12.6. The number of amides is 1. The van der Waals surface area contributed by atoms with E-state index in [4.69, 9.17) is 9.47 Å². The summed E-state index contributed by atoms with van der Waals surface area (Å²) in [6, 6.07) is 10.3. The molecule has 2 aromatic rings. The van der Waals surface area contributed by atoms with Crippen LogP contribution in [0.25, 0.3) is 0 Å². The van der Waals surface area contributed by atoms with Crippen LogP contribution in [0.4, 0.5) is 0 Å². The van der Waals surface area contributed by atoms with Crippen LogP contribution in [0, 0.1) is 6.92 Å². The van der Waals surface area contributed by atoms with Gasteiger partial charge in [-0.05, 0) is 36.8 Å². The molecule has 0 aromatic heterocycles. The number of aromatic hydroxyl groups is 1. The van der Waals surface area contributed by atoms with Crippen molar-refractivity contribution in [2.45, 2.75) is 13.5 Å². The number of rotatable bonds is 5. The second-order valence-corrected chi connectivity index (χ2v) is 4.88. The molecular formula is C17H19NO4. The molecular weight excluding hydrogens is 282 g/mol. The van der Waals surface area contributed by atoms with E-state index in [0.29, 0.717) is 18.0 Å². The lowest BCUT2D eigenvalue weighted by molar-refractivity contribution is 0.0948. The highest BCUT2D eigenvalue weighted by atomic mass is 16.5. The van der Waals surface area contributed by atoms with Crippen LogP contribution < -0.4 is 14.8 Å². The summed E-state index contributed by atoms with van der Waals surface area (Å²) in [4.78, 5) is 12.1. The minimum atomic E-state index is -0.338. The number of phenols is 1. The minimum Gasteiger partial charge on any atom is -0.507 e. The highest BCUT2D eigenvalue weighted by Crippen LogP contribution is 2.25. The number of carbonyl (C=O) groups excluding carboxylic acids is 1. The molecule has 116 valence electrons. The van der Waals surface area contributed by atoms with E-state index in [1.807, 2.05) is 13.0 Å². The Hall–Kier alpha value is -2.69. The zero-order chi connectivity index (χ0) is 16.1. The summed E-state index contributed by atoms with van der Waals surface area (Å²) in [6.07, 6.45) is 0. The van der Waals surface area contributed by atoms with Crippen molar-refractivity contribution >= 4 is 5.91 Å². The summed E-state index contributed by atoms with van der Waals surface area (Å²) in [6.45, 7) is 2.14. The Bertz CT molecular complexity index is 682. The molecule has 0 aliphatic rings. The van der Waals surface area contributed by atoms with Gasteiger partial charge in [-0.2, -0.15) is 0 Å². The maximum absolute atomic E-state index is 12.1. The zero-order valence-corrected chi connectivity index (χ0v) is 12.8. The topological polar surface area (TPSA) is 67.8 Å². The molecule has 1 amide bonds. The molecule has 0 radical (unpaired) electrons. The molecule has 0 aliphatic heterocycles. The Balaban J connectivity index is 2.11. The lowest BCUT2D eigenvalue weighted by Gasteiger charge is -2.12. The van der Waals surface area contributed by atoms with Crippen LogP contribution in [0.1, 0.15) is 21.5 Å². The van der Waals surface area contributed by atoms with Gasteiger partial charge in [0, 0.05) is 18.2 Å². The molecule has 2 aromatic carbocycles. The van der Waals surface area contributed by atoms with Gasteiger partial charge < -0.3 is 19.9 Å². The quantitative estimate of drug-likeness (QED) is 0.891.